The SMILES string of the molecule is N#CCc1ccc(S(=O)(=O)Nc2ccnc(Cl)c2)cc1. The molecule has 0 aliphatic rings. The average Bonchev–Trinajstić information content (AvgIpc) is 2.39. The molecule has 1 heterocycles. The van der Waals surface area contributed by atoms with Crippen LogP contribution in [0.3, 0.4) is 0 Å². The van der Waals surface area contributed by atoms with Crippen LogP contribution in [0, 0.1) is 11.3 Å². The lowest BCUT2D eigenvalue weighted by Gasteiger charge is -2.08. The largest absolute Gasteiger partial charge is 0.279 e. The molecule has 0 fully saturated rings. The number of sulfonamides is 1. The van der Waals surface area contributed by atoms with Gasteiger partial charge in [0.25, 0.3) is 10.0 Å². The van der Waals surface area contributed by atoms with Gasteiger partial charge in [-0.2, -0.15) is 5.26 Å². The van der Waals surface area contributed by atoms with E-state index in [0.29, 0.717) is 5.69 Å². The minimum absolute atomic E-state index is 0.118. The second-order valence-electron chi connectivity index (χ2n) is 3.95. The van der Waals surface area contributed by atoms with Crippen molar-refractivity contribution >= 4 is 27.3 Å². The van der Waals surface area contributed by atoms with Crippen LogP contribution < -0.4 is 4.72 Å². The van der Waals surface area contributed by atoms with Crippen molar-refractivity contribution in [2.24, 2.45) is 0 Å². The Balaban J connectivity index is 2.24. The number of nitrogens with zero attached hydrogens (tertiary/aromatic N) is 2. The Morgan fingerprint density at radius 3 is 2.55 bits per heavy atom. The zero-order chi connectivity index (χ0) is 14.6. The Hall–Kier alpha value is -2.10. The van der Waals surface area contributed by atoms with E-state index in [4.69, 9.17) is 16.9 Å². The molecule has 0 atom stereocenters. The van der Waals surface area contributed by atoms with Gasteiger partial charge < -0.3 is 0 Å². The molecule has 0 aliphatic heterocycles. The summed E-state index contributed by atoms with van der Waals surface area (Å²) in [7, 11) is -3.68. The molecule has 0 aliphatic carbocycles. The predicted molar refractivity (Wildman–Crippen MR) is 75.8 cm³/mol. The highest BCUT2D eigenvalue weighted by atomic mass is 35.5. The second kappa shape index (κ2) is 5.90. The summed E-state index contributed by atoms with van der Waals surface area (Å²) < 4.78 is 26.7. The number of nitrogens with one attached hydrogen (secondary N) is 1. The molecule has 2 rings (SSSR count). The van der Waals surface area contributed by atoms with Gasteiger partial charge in [-0.15, -0.1) is 0 Å². The maximum Gasteiger partial charge on any atom is 0.261 e. The van der Waals surface area contributed by atoms with Crippen molar-refractivity contribution in [1.82, 2.24) is 4.98 Å². The van der Waals surface area contributed by atoms with Crippen LogP contribution in [0.25, 0.3) is 0 Å². The standard InChI is InChI=1S/C13H10ClN3O2S/c14-13-9-11(6-8-16-13)17-20(18,19)12-3-1-10(2-4-12)5-7-15/h1-4,6,8-9H,5H2,(H,16,17). The van der Waals surface area contributed by atoms with Crippen LogP contribution in [0.15, 0.2) is 47.5 Å². The maximum absolute atomic E-state index is 12.1. The van der Waals surface area contributed by atoms with Gasteiger partial charge in [0, 0.05) is 6.20 Å². The Morgan fingerprint density at radius 1 is 1.25 bits per heavy atom. The van der Waals surface area contributed by atoms with E-state index in [2.05, 4.69) is 9.71 Å². The van der Waals surface area contributed by atoms with E-state index in [1.165, 1.54) is 30.5 Å². The van der Waals surface area contributed by atoms with Crippen molar-refractivity contribution in [1.29, 1.82) is 5.26 Å². The molecule has 0 radical (unpaired) electrons. The molecule has 7 heteroatoms. The van der Waals surface area contributed by atoms with Crippen LogP contribution in [0.2, 0.25) is 5.15 Å². The number of hydrogen-bond acceptors (Lipinski definition) is 4. The molecule has 1 aromatic heterocycles. The molecule has 0 bridgehead atoms. The van der Waals surface area contributed by atoms with Crippen LogP contribution in [-0.2, 0) is 16.4 Å². The molecule has 0 unspecified atom stereocenters. The summed E-state index contributed by atoms with van der Waals surface area (Å²) in [5.74, 6) is 0. The quantitative estimate of drug-likeness (QED) is 0.880. The van der Waals surface area contributed by atoms with Gasteiger partial charge in [0.15, 0.2) is 0 Å². The van der Waals surface area contributed by atoms with Crippen LogP contribution in [0.5, 0.6) is 0 Å². The summed E-state index contributed by atoms with van der Waals surface area (Å²) in [4.78, 5) is 3.89. The van der Waals surface area contributed by atoms with Crippen LogP contribution >= 0.6 is 11.6 Å². The molecule has 102 valence electrons. The van der Waals surface area contributed by atoms with Gasteiger partial charge in [0.2, 0.25) is 0 Å². The molecule has 5 nitrogen and oxygen atoms in total. The summed E-state index contributed by atoms with van der Waals surface area (Å²) >= 11 is 5.70. The third kappa shape index (κ3) is 3.47. The van der Waals surface area contributed by atoms with Gasteiger partial charge in [0.05, 0.1) is 23.1 Å². The van der Waals surface area contributed by atoms with Gasteiger partial charge in [0.1, 0.15) is 5.15 Å². The highest BCUT2D eigenvalue weighted by Gasteiger charge is 2.14. The molecular formula is C13H10ClN3O2S. The van der Waals surface area contributed by atoms with E-state index in [1.807, 2.05) is 6.07 Å². The smallest absolute Gasteiger partial charge is 0.261 e. The molecule has 1 aromatic carbocycles. The molecule has 0 spiro atoms. The van der Waals surface area contributed by atoms with Crippen molar-refractivity contribution < 1.29 is 8.42 Å². The van der Waals surface area contributed by atoms with E-state index in [0.717, 1.165) is 5.56 Å². The summed E-state index contributed by atoms with van der Waals surface area (Å²) in [6.07, 6.45) is 1.66. The number of benzene rings is 1. The number of aromatic nitrogens is 1. The van der Waals surface area contributed by atoms with Crippen molar-refractivity contribution in [3.05, 3.63) is 53.3 Å². The molecule has 0 saturated carbocycles. The number of anilines is 1. The van der Waals surface area contributed by atoms with E-state index in [-0.39, 0.29) is 16.5 Å². The number of rotatable bonds is 4. The van der Waals surface area contributed by atoms with E-state index >= 15 is 0 Å². The van der Waals surface area contributed by atoms with Crippen LogP contribution in [-0.4, -0.2) is 13.4 Å². The molecule has 0 saturated heterocycles. The molecular weight excluding hydrogens is 298 g/mol. The first-order valence-electron chi connectivity index (χ1n) is 5.61. The lowest BCUT2D eigenvalue weighted by Crippen LogP contribution is -2.13. The third-order valence-electron chi connectivity index (χ3n) is 2.50. The zero-order valence-electron chi connectivity index (χ0n) is 10.2. The fourth-order valence-electron chi connectivity index (χ4n) is 1.56. The Labute approximate surface area is 121 Å². The first-order chi connectivity index (χ1) is 9.51. The summed E-state index contributed by atoms with van der Waals surface area (Å²) in [6, 6.07) is 11.1. The zero-order valence-corrected chi connectivity index (χ0v) is 11.8. The highest BCUT2D eigenvalue weighted by molar-refractivity contribution is 7.92. The normalized spacial score (nSPS) is 10.8. The van der Waals surface area contributed by atoms with E-state index in [1.54, 1.807) is 12.1 Å². The first-order valence-corrected chi connectivity index (χ1v) is 7.47. The number of nitriles is 1. The number of hydrogen-bond donors (Lipinski definition) is 1. The Bertz CT molecular complexity index is 752. The predicted octanol–water partition coefficient (Wildman–Crippen LogP) is 2.60. The first kappa shape index (κ1) is 14.3. The van der Waals surface area contributed by atoms with Gasteiger partial charge in [-0.1, -0.05) is 23.7 Å². The minimum Gasteiger partial charge on any atom is -0.279 e. The van der Waals surface area contributed by atoms with Crippen molar-refractivity contribution in [3.8, 4) is 6.07 Å². The van der Waals surface area contributed by atoms with Crippen molar-refractivity contribution in [2.45, 2.75) is 11.3 Å². The topological polar surface area (TPSA) is 82.8 Å². The van der Waals surface area contributed by atoms with Crippen molar-refractivity contribution in [2.75, 3.05) is 4.72 Å². The minimum atomic E-state index is -3.68. The molecule has 2 aromatic rings. The van der Waals surface area contributed by atoms with E-state index in [9.17, 15) is 8.42 Å². The maximum atomic E-state index is 12.1. The molecule has 0 amide bonds. The average molecular weight is 308 g/mol. The monoisotopic (exact) mass is 307 g/mol. The fourth-order valence-corrected chi connectivity index (χ4v) is 2.78. The number of pyridine rings is 1. The van der Waals surface area contributed by atoms with Crippen molar-refractivity contribution in [3.63, 3.8) is 0 Å². The summed E-state index contributed by atoms with van der Waals surface area (Å²) in [5.41, 5.74) is 1.10. The Kier molecular flexibility index (Phi) is 4.23. The van der Waals surface area contributed by atoms with Gasteiger partial charge in [-0.25, -0.2) is 13.4 Å². The van der Waals surface area contributed by atoms with E-state index < -0.39 is 10.0 Å². The van der Waals surface area contributed by atoms with Gasteiger partial charge >= 0.3 is 0 Å². The second-order valence-corrected chi connectivity index (χ2v) is 6.02. The summed E-state index contributed by atoms with van der Waals surface area (Å²) in [5, 5.41) is 8.77. The molecule has 1 N–H and O–H groups in total. The van der Waals surface area contributed by atoms with Gasteiger partial charge in [-0.05, 0) is 29.8 Å². The third-order valence-corrected chi connectivity index (χ3v) is 4.10. The lowest BCUT2D eigenvalue weighted by atomic mass is 10.2. The highest BCUT2D eigenvalue weighted by Crippen LogP contribution is 2.18. The summed E-state index contributed by atoms with van der Waals surface area (Å²) in [6.45, 7) is 0. The lowest BCUT2D eigenvalue weighted by molar-refractivity contribution is 0.601. The number of halogens is 1. The van der Waals surface area contributed by atoms with Gasteiger partial charge in [-0.3, -0.25) is 4.72 Å². The fraction of sp³-hybridized carbons (Fsp3) is 0.0769. The van der Waals surface area contributed by atoms with Crippen LogP contribution in [0.4, 0.5) is 5.69 Å². The Morgan fingerprint density at radius 2 is 1.95 bits per heavy atom. The molecule has 20 heavy (non-hydrogen) atoms. The van der Waals surface area contributed by atoms with Crippen LogP contribution in [0.1, 0.15) is 5.56 Å².